The average Bonchev–Trinajstić information content (AvgIpc) is 3.50. The van der Waals surface area contributed by atoms with E-state index in [4.69, 9.17) is 10.5 Å². The number of nitrogens with zero attached hydrogens (tertiary/aromatic N) is 5. The molecule has 3 aromatic heterocycles. The molecule has 1 atom stereocenters. The molecular weight excluding hydrogens is 494 g/mol. The molecule has 0 radical (unpaired) electrons. The SMILES string of the molecule is CC.CC1CCC12CN(c1ncc3c4c(c(-c5ncc(F)c6sc(N)c(C#N)c56)c(F)c3n1)COC4)C2. The second-order valence-electron chi connectivity index (χ2n) is 9.84. The molecule has 190 valence electrons. The van der Waals surface area contributed by atoms with E-state index in [2.05, 4.69) is 26.8 Å². The zero-order valence-corrected chi connectivity index (χ0v) is 21.7. The summed E-state index contributed by atoms with van der Waals surface area (Å²) in [6, 6.07) is 2.03. The topological polar surface area (TPSA) is 101 Å². The van der Waals surface area contributed by atoms with Gasteiger partial charge in [-0.25, -0.2) is 18.7 Å². The fraction of sp³-hybridized carbons (Fsp3) is 0.407. The Hall–Kier alpha value is -3.42. The molecule has 1 saturated carbocycles. The van der Waals surface area contributed by atoms with Crippen LogP contribution in [0.15, 0.2) is 12.4 Å². The number of nitriles is 1. The number of aromatic nitrogens is 3. The van der Waals surface area contributed by atoms with E-state index >= 15 is 4.39 Å². The third-order valence-corrected chi connectivity index (χ3v) is 9.17. The lowest BCUT2D eigenvalue weighted by Gasteiger charge is -2.60. The molecule has 7 rings (SSSR count). The Bertz CT molecular complexity index is 1620. The van der Waals surface area contributed by atoms with Crippen molar-refractivity contribution >= 4 is 43.3 Å². The molecule has 10 heteroatoms. The number of benzene rings is 1. The van der Waals surface area contributed by atoms with E-state index in [9.17, 15) is 9.65 Å². The Labute approximate surface area is 216 Å². The molecule has 0 amide bonds. The summed E-state index contributed by atoms with van der Waals surface area (Å²) in [5.41, 5.74) is 8.38. The number of anilines is 2. The van der Waals surface area contributed by atoms with E-state index in [0.29, 0.717) is 28.2 Å². The molecule has 0 bridgehead atoms. The summed E-state index contributed by atoms with van der Waals surface area (Å²) in [6.45, 7) is 8.49. The summed E-state index contributed by atoms with van der Waals surface area (Å²) < 4.78 is 36.8. The van der Waals surface area contributed by atoms with Gasteiger partial charge in [0, 0.05) is 41.0 Å². The lowest BCUT2D eigenvalue weighted by atomic mass is 9.56. The molecule has 1 aliphatic carbocycles. The second kappa shape index (κ2) is 8.57. The molecule has 2 aliphatic heterocycles. The highest BCUT2D eigenvalue weighted by molar-refractivity contribution is 7.23. The van der Waals surface area contributed by atoms with Crippen LogP contribution < -0.4 is 10.6 Å². The van der Waals surface area contributed by atoms with Gasteiger partial charge in [0.2, 0.25) is 5.95 Å². The maximum absolute atomic E-state index is 16.3. The van der Waals surface area contributed by atoms with Crippen LogP contribution in [-0.4, -0.2) is 28.0 Å². The summed E-state index contributed by atoms with van der Waals surface area (Å²) in [6.07, 6.45) is 5.17. The molecule has 2 N–H and O–H groups in total. The number of nitrogens with two attached hydrogens (primary N) is 1. The van der Waals surface area contributed by atoms with Gasteiger partial charge in [-0.1, -0.05) is 20.8 Å². The van der Waals surface area contributed by atoms with Gasteiger partial charge in [0.1, 0.15) is 16.6 Å². The minimum atomic E-state index is -0.599. The van der Waals surface area contributed by atoms with E-state index in [1.165, 1.54) is 12.8 Å². The predicted molar refractivity (Wildman–Crippen MR) is 140 cm³/mol. The van der Waals surface area contributed by atoms with Gasteiger partial charge < -0.3 is 15.4 Å². The van der Waals surface area contributed by atoms with E-state index in [0.717, 1.165) is 36.2 Å². The first kappa shape index (κ1) is 23.9. The fourth-order valence-corrected chi connectivity index (χ4v) is 6.78. The summed E-state index contributed by atoms with van der Waals surface area (Å²) in [5.74, 6) is 0.00903. The largest absolute Gasteiger partial charge is 0.389 e. The highest BCUT2D eigenvalue weighted by Gasteiger charge is 2.53. The smallest absolute Gasteiger partial charge is 0.226 e. The van der Waals surface area contributed by atoms with E-state index in [-0.39, 0.29) is 50.6 Å². The van der Waals surface area contributed by atoms with Crippen molar-refractivity contribution in [3.63, 3.8) is 0 Å². The predicted octanol–water partition coefficient (Wildman–Crippen LogP) is 5.93. The average molecular weight is 521 g/mol. The molecule has 4 aromatic rings. The molecule has 1 spiro atoms. The van der Waals surface area contributed by atoms with Crippen LogP contribution in [0.1, 0.15) is 50.3 Å². The van der Waals surface area contributed by atoms with Crippen molar-refractivity contribution in [3.05, 3.63) is 40.7 Å². The van der Waals surface area contributed by atoms with Crippen molar-refractivity contribution in [1.29, 1.82) is 5.26 Å². The lowest BCUT2D eigenvalue weighted by molar-refractivity contribution is 0.0109. The van der Waals surface area contributed by atoms with Crippen LogP contribution in [0.3, 0.4) is 0 Å². The van der Waals surface area contributed by atoms with Crippen LogP contribution in [-0.2, 0) is 18.0 Å². The number of pyridine rings is 1. The second-order valence-corrected chi connectivity index (χ2v) is 10.9. The van der Waals surface area contributed by atoms with Crippen LogP contribution in [0.25, 0.3) is 32.2 Å². The van der Waals surface area contributed by atoms with E-state index in [1.807, 2.05) is 19.9 Å². The Balaban J connectivity index is 0.00000123. The molecule has 1 unspecified atom stereocenters. The van der Waals surface area contributed by atoms with Crippen LogP contribution in [0.4, 0.5) is 19.7 Å². The highest BCUT2D eigenvalue weighted by Crippen LogP contribution is 2.53. The summed E-state index contributed by atoms with van der Waals surface area (Å²) in [5, 5.41) is 10.7. The van der Waals surface area contributed by atoms with Crippen molar-refractivity contribution in [2.24, 2.45) is 11.3 Å². The van der Waals surface area contributed by atoms with Crippen molar-refractivity contribution in [2.45, 2.75) is 46.8 Å². The molecule has 1 aromatic carbocycles. The van der Waals surface area contributed by atoms with Gasteiger partial charge in [-0.05, 0) is 29.9 Å². The maximum atomic E-state index is 16.3. The third-order valence-electron chi connectivity index (χ3n) is 8.15. The van der Waals surface area contributed by atoms with Crippen LogP contribution in [0.5, 0.6) is 0 Å². The van der Waals surface area contributed by atoms with Crippen molar-refractivity contribution in [3.8, 4) is 17.3 Å². The van der Waals surface area contributed by atoms with Gasteiger partial charge in [0.15, 0.2) is 11.6 Å². The first-order chi connectivity index (χ1) is 17.9. The number of ether oxygens (including phenoxy) is 1. The number of halogens is 2. The maximum Gasteiger partial charge on any atom is 0.226 e. The standard InChI is InChI=1S/C25H20F2N6OS.C2H6/c1-11-2-3-25(11)9-33(10-25)24-31-5-13-14-7-34-8-15(14)17(19(27)20(13)32-24)21-18-12(4-28)23(29)35-22(18)16(26)6-30-21;1-2/h5-6,11H,2-3,7-10,29H2,1H3;1-2H3. The normalized spacial score (nSPS) is 19.2. The van der Waals surface area contributed by atoms with Crippen molar-refractivity contribution < 1.29 is 13.5 Å². The Morgan fingerprint density at radius 1 is 1.19 bits per heavy atom. The van der Waals surface area contributed by atoms with Crippen LogP contribution in [0.2, 0.25) is 0 Å². The van der Waals surface area contributed by atoms with Gasteiger partial charge in [-0.2, -0.15) is 5.26 Å². The number of rotatable bonds is 2. The number of fused-ring (bicyclic) bond motifs is 4. The van der Waals surface area contributed by atoms with E-state index in [1.54, 1.807) is 6.20 Å². The minimum Gasteiger partial charge on any atom is -0.389 e. The van der Waals surface area contributed by atoms with Gasteiger partial charge >= 0.3 is 0 Å². The number of nitrogen functional groups attached to an aromatic ring is 1. The third kappa shape index (κ3) is 3.27. The quantitative estimate of drug-likeness (QED) is 0.349. The lowest BCUT2D eigenvalue weighted by Crippen LogP contribution is -2.64. The molecule has 1 saturated heterocycles. The molecule has 3 aliphatic rings. The number of hydrogen-bond donors (Lipinski definition) is 1. The van der Waals surface area contributed by atoms with Gasteiger partial charge in [0.05, 0.1) is 35.4 Å². The molecule has 37 heavy (non-hydrogen) atoms. The first-order valence-corrected chi connectivity index (χ1v) is 13.3. The molecule has 7 nitrogen and oxygen atoms in total. The molecule has 5 heterocycles. The zero-order valence-electron chi connectivity index (χ0n) is 20.9. The van der Waals surface area contributed by atoms with Crippen molar-refractivity contribution in [1.82, 2.24) is 15.0 Å². The zero-order chi connectivity index (χ0) is 26.1. The molecular formula is C27H26F2N6OS. The highest BCUT2D eigenvalue weighted by atomic mass is 32.1. The Morgan fingerprint density at radius 3 is 2.62 bits per heavy atom. The molecule has 2 fully saturated rings. The number of hydrogen-bond acceptors (Lipinski definition) is 8. The number of thiophene rings is 1. The van der Waals surface area contributed by atoms with Gasteiger partial charge in [-0.15, -0.1) is 11.3 Å². The van der Waals surface area contributed by atoms with Gasteiger partial charge in [0.25, 0.3) is 0 Å². The first-order valence-electron chi connectivity index (χ1n) is 12.5. The van der Waals surface area contributed by atoms with Crippen LogP contribution >= 0.6 is 11.3 Å². The monoisotopic (exact) mass is 520 g/mol. The van der Waals surface area contributed by atoms with Crippen LogP contribution in [0, 0.1) is 34.3 Å². The van der Waals surface area contributed by atoms with E-state index < -0.39 is 11.6 Å². The van der Waals surface area contributed by atoms with Crippen molar-refractivity contribution in [2.75, 3.05) is 23.7 Å². The summed E-state index contributed by atoms with van der Waals surface area (Å²) >= 11 is 0.960. The van der Waals surface area contributed by atoms with Gasteiger partial charge in [-0.3, -0.25) is 4.98 Å². The summed E-state index contributed by atoms with van der Waals surface area (Å²) in [4.78, 5) is 15.6. The Kier molecular flexibility index (Phi) is 5.55. The summed E-state index contributed by atoms with van der Waals surface area (Å²) in [7, 11) is 0. The fourth-order valence-electron chi connectivity index (χ4n) is 5.86. The minimum absolute atomic E-state index is 0.100. The Morgan fingerprint density at radius 2 is 1.95 bits per heavy atom.